The number of aromatic hydroxyl groups is 1. The first-order valence-electron chi connectivity index (χ1n) is 6.47. The van der Waals surface area contributed by atoms with E-state index in [2.05, 4.69) is 21.2 Å². The molecule has 5 nitrogen and oxygen atoms in total. The van der Waals surface area contributed by atoms with Gasteiger partial charge in [0.05, 0.1) is 6.61 Å². The molecule has 0 heterocycles. The highest BCUT2D eigenvalue weighted by atomic mass is 79.9. The Morgan fingerprint density at radius 3 is 2.76 bits per heavy atom. The van der Waals surface area contributed by atoms with Gasteiger partial charge in [-0.05, 0) is 44.5 Å². The average molecular weight is 353 g/mol. The zero-order valence-corrected chi connectivity index (χ0v) is 13.7. The largest absolute Gasteiger partial charge is 0.504 e. The summed E-state index contributed by atoms with van der Waals surface area (Å²) in [6, 6.07) is 4.85. The maximum Gasteiger partial charge on any atom is 0.262 e. The Bertz CT molecular complexity index is 604. The number of ether oxygens (including phenoxy) is 1. The summed E-state index contributed by atoms with van der Waals surface area (Å²) in [7, 11) is 0. The predicted octanol–water partition coefficient (Wildman–Crippen LogP) is 2.98. The summed E-state index contributed by atoms with van der Waals surface area (Å²) in [6.45, 7) is 5.83. The Morgan fingerprint density at radius 2 is 2.24 bits per heavy atom. The Morgan fingerprint density at radius 1 is 1.57 bits per heavy atom. The van der Waals surface area contributed by atoms with Crippen molar-refractivity contribution in [1.82, 2.24) is 5.32 Å². The number of carbonyl (C=O) groups is 1. The van der Waals surface area contributed by atoms with Crippen LogP contribution in [0.15, 0.2) is 22.2 Å². The highest BCUT2D eigenvalue weighted by Crippen LogP contribution is 2.33. The van der Waals surface area contributed by atoms with Crippen molar-refractivity contribution in [2.24, 2.45) is 0 Å². The Labute approximate surface area is 132 Å². The van der Waals surface area contributed by atoms with Crippen LogP contribution in [0, 0.1) is 11.3 Å². The van der Waals surface area contributed by atoms with Crippen molar-refractivity contribution < 1.29 is 14.6 Å². The summed E-state index contributed by atoms with van der Waals surface area (Å²) in [4.78, 5) is 11.9. The number of amides is 1. The standard InChI is InChI=1S/C15H17BrN2O3/c1-4-21-14-6-10(12(16)7-13(14)19)5-11(8-17)15(20)18-9(2)3/h5-7,9,19H,4H2,1-3H3,(H,18,20)/b11-5-. The third kappa shape index (κ3) is 4.80. The number of benzene rings is 1. The van der Waals surface area contributed by atoms with Crippen molar-refractivity contribution >= 4 is 27.9 Å². The van der Waals surface area contributed by atoms with Gasteiger partial charge < -0.3 is 15.2 Å². The number of phenolic OH excluding ortho intramolecular Hbond substituents is 1. The highest BCUT2D eigenvalue weighted by Gasteiger charge is 2.13. The van der Waals surface area contributed by atoms with Gasteiger partial charge in [0.15, 0.2) is 11.5 Å². The Hall–Kier alpha value is -2.00. The van der Waals surface area contributed by atoms with E-state index in [1.54, 1.807) is 13.0 Å². The van der Waals surface area contributed by atoms with Crippen LogP contribution in [0.1, 0.15) is 26.3 Å². The van der Waals surface area contributed by atoms with E-state index >= 15 is 0 Å². The molecule has 21 heavy (non-hydrogen) atoms. The minimum absolute atomic E-state index is 0.00832. The van der Waals surface area contributed by atoms with Gasteiger partial charge in [-0.1, -0.05) is 15.9 Å². The molecular weight excluding hydrogens is 336 g/mol. The van der Waals surface area contributed by atoms with Crippen LogP contribution in [0.25, 0.3) is 6.08 Å². The fraction of sp³-hybridized carbons (Fsp3) is 0.333. The lowest BCUT2D eigenvalue weighted by atomic mass is 10.1. The molecule has 1 amide bonds. The summed E-state index contributed by atoms with van der Waals surface area (Å²) in [5.41, 5.74) is 0.559. The fourth-order valence-corrected chi connectivity index (χ4v) is 2.03. The smallest absolute Gasteiger partial charge is 0.262 e. The minimum atomic E-state index is -0.439. The van der Waals surface area contributed by atoms with Gasteiger partial charge in [0.1, 0.15) is 11.6 Å². The van der Waals surface area contributed by atoms with Crippen LogP contribution >= 0.6 is 15.9 Å². The van der Waals surface area contributed by atoms with Crippen LogP contribution in [-0.4, -0.2) is 23.7 Å². The Balaban J connectivity index is 3.19. The zero-order chi connectivity index (χ0) is 16.0. The molecule has 0 aliphatic heterocycles. The third-order valence-electron chi connectivity index (χ3n) is 2.46. The lowest BCUT2D eigenvalue weighted by Crippen LogP contribution is -2.30. The van der Waals surface area contributed by atoms with Gasteiger partial charge in [-0.25, -0.2) is 0 Å². The number of rotatable bonds is 5. The number of carbonyl (C=O) groups excluding carboxylic acids is 1. The van der Waals surface area contributed by atoms with Gasteiger partial charge in [0.25, 0.3) is 5.91 Å². The number of hydrogen-bond acceptors (Lipinski definition) is 4. The van der Waals surface area contributed by atoms with Gasteiger partial charge in [-0.2, -0.15) is 5.26 Å². The molecule has 0 unspecified atom stereocenters. The van der Waals surface area contributed by atoms with Crippen LogP contribution in [0.2, 0.25) is 0 Å². The molecule has 0 bridgehead atoms. The first-order chi connectivity index (χ1) is 9.88. The van der Waals surface area contributed by atoms with E-state index in [0.29, 0.717) is 22.4 Å². The van der Waals surface area contributed by atoms with Crippen LogP contribution in [0.3, 0.4) is 0 Å². The van der Waals surface area contributed by atoms with E-state index in [-0.39, 0.29) is 17.4 Å². The van der Waals surface area contributed by atoms with Gasteiger partial charge >= 0.3 is 0 Å². The van der Waals surface area contributed by atoms with E-state index in [1.165, 1.54) is 12.1 Å². The first-order valence-corrected chi connectivity index (χ1v) is 7.26. The number of nitriles is 1. The molecule has 0 aliphatic rings. The first kappa shape index (κ1) is 17.1. The molecule has 1 rings (SSSR count). The summed E-state index contributed by atoms with van der Waals surface area (Å²) in [5.74, 6) is -0.148. The summed E-state index contributed by atoms with van der Waals surface area (Å²) in [6.07, 6.45) is 1.45. The molecule has 6 heteroatoms. The van der Waals surface area contributed by atoms with Gasteiger partial charge in [-0.15, -0.1) is 0 Å². The predicted molar refractivity (Wildman–Crippen MR) is 83.8 cm³/mol. The molecule has 0 radical (unpaired) electrons. The van der Waals surface area contributed by atoms with E-state index in [4.69, 9.17) is 10.00 Å². The van der Waals surface area contributed by atoms with Gasteiger partial charge in [-0.3, -0.25) is 4.79 Å². The highest BCUT2D eigenvalue weighted by molar-refractivity contribution is 9.10. The SMILES string of the molecule is CCOc1cc(/C=C(/C#N)C(=O)NC(C)C)c(Br)cc1O. The van der Waals surface area contributed by atoms with Crippen LogP contribution in [-0.2, 0) is 4.79 Å². The second-order valence-corrected chi connectivity index (χ2v) is 5.43. The van der Waals surface area contributed by atoms with Crippen molar-refractivity contribution in [3.05, 3.63) is 27.7 Å². The van der Waals surface area contributed by atoms with Crippen molar-refractivity contribution in [1.29, 1.82) is 5.26 Å². The molecular formula is C15H17BrN2O3. The van der Waals surface area contributed by atoms with Crippen molar-refractivity contribution in [3.8, 4) is 17.6 Å². The minimum Gasteiger partial charge on any atom is -0.504 e. The maximum atomic E-state index is 11.9. The fourth-order valence-electron chi connectivity index (χ4n) is 1.58. The summed E-state index contributed by atoms with van der Waals surface area (Å²) < 4.78 is 5.85. The molecule has 0 atom stereocenters. The van der Waals surface area contributed by atoms with Crippen LogP contribution in [0.5, 0.6) is 11.5 Å². The van der Waals surface area contributed by atoms with Crippen molar-refractivity contribution in [3.63, 3.8) is 0 Å². The van der Waals surface area contributed by atoms with E-state index < -0.39 is 5.91 Å². The molecule has 1 aromatic rings. The number of nitrogens with one attached hydrogen (secondary N) is 1. The second kappa shape index (κ2) is 7.70. The molecule has 2 N–H and O–H groups in total. The molecule has 1 aromatic carbocycles. The zero-order valence-electron chi connectivity index (χ0n) is 12.1. The van der Waals surface area contributed by atoms with E-state index in [0.717, 1.165) is 0 Å². The number of halogens is 1. The lowest BCUT2D eigenvalue weighted by Gasteiger charge is -2.10. The van der Waals surface area contributed by atoms with E-state index in [9.17, 15) is 9.90 Å². The number of hydrogen-bond donors (Lipinski definition) is 2. The quantitative estimate of drug-likeness (QED) is 0.630. The van der Waals surface area contributed by atoms with E-state index in [1.807, 2.05) is 19.9 Å². The molecule has 0 fully saturated rings. The molecule has 0 saturated carbocycles. The Kier molecular flexibility index (Phi) is 6.25. The molecule has 112 valence electrons. The third-order valence-corrected chi connectivity index (χ3v) is 3.15. The second-order valence-electron chi connectivity index (χ2n) is 4.57. The monoisotopic (exact) mass is 352 g/mol. The molecule has 0 saturated heterocycles. The molecule has 0 spiro atoms. The normalized spacial score (nSPS) is 11.1. The number of phenols is 1. The maximum absolute atomic E-state index is 11.9. The molecule has 0 aliphatic carbocycles. The average Bonchev–Trinajstić information content (AvgIpc) is 2.39. The molecule has 0 aromatic heterocycles. The van der Waals surface area contributed by atoms with Crippen molar-refractivity contribution in [2.45, 2.75) is 26.8 Å². The van der Waals surface area contributed by atoms with Crippen LogP contribution in [0.4, 0.5) is 0 Å². The number of nitrogens with zero attached hydrogens (tertiary/aromatic N) is 1. The van der Waals surface area contributed by atoms with Gasteiger partial charge in [0.2, 0.25) is 0 Å². The summed E-state index contributed by atoms with van der Waals surface area (Å²) in [5, 5.41) is 21.5. The lowest BCUT2D eigenvalue weighted by molar-refractivity contribution is -0.117. The topological polar surface area (TPSA) is 82.3 Å². The van der Waals surface area contributed by atoms with Gasteiger partial charge in [0, 0.05) is 10.5 Å². The van der Waals surface area contributed by atoms with Crippen molar-refractivity contribution in [2.75, 3.05) is 6.61 Å². The summed E-state index contributed by atoms with van der Waals surface area (Å²) >= 11 is 3.29. The van der Waals surface area contributed by atoms with Crippen LogP contribution < -0.4 is 10.1 Å².